The van der Waals surface area contributed by atoms with Gasteiger partial charge in [-0.3, -0.25) is 9.59 Å². The summed E-state index contributed by atoms with van der Waals surface area (Å²) in [6.45, 7) is 2.06. The second-order valence-electron chi connectivity index (χ2n) is 4.01. The highest BCUT2D eigenvalue weighted by atomic mass is 16.1. The predicted octanol–water partition coefficient (Wildman–Crippen LogP) is 1.53. The van der Waals surface area contributed by atoms with Gasteiger partial charge in [0.05, 0.1) is 0 Å². The first-order valence-corrected chi connectivity index (χ1v) is 5.82. The summed E-state index contributed by atoms with van der Waals surface area (Å²) in [4.78, 5) is 30.5. The first kappa shape index (κ1) is 12.9. The van der Waals surface area contributed by atoms with Crippen molar-refractivity contribution in [1.29, 1.82) is 0 Å². The maximum atomic E-state index is 11.9. The van der Waals surface area contributed by atoms with Crippen molar-refractivity contribution in [3.8, 4) is 0 Å². The van der Waals surface area contributed by atoms with Gasteiger partial charge < -0.3 is 5.32 Å². The molecular weight excluding hydrogens is 242 g/mol. The zero-order valence-corrected chi connectivity index (χ0v) is 10.5. The Bertz CT molecular complexity index is 597. The summed E-state index contributed by atoms with van der Waals surface area (Å²) in [5.74, 6) is 0.0758. The minimum Gasteiger partial charge on any atom is -0.347 e. The molecule has 0 saturated carbocycles. The van der Waals surface area contributed by atoms with Crippen molar-refractivity contribution in [2.45, 2.75) is 13.5 Å². The Morgan fingerprint density at radius 1 is 1.26 bits per heavy atom. The van der Waals surface area contributed by atoms with Crippen molar-refractivity contribution in [1.82, 2.24) is 15.3 Å². The molecule has 5 nitrogen and oxygen atoms in total. The SMILES string of the molecule is Cc1nc(C=O)cc(C(=O)NCc2ccccc2)n1. The van der Waals surface area contributed by atoms with E-state index in [2.05, 4.69) is 15.3 Å². The third-order valence-corrected chi connectivity index (χ3v) is 2.51. The van der Waals surface area contributed by atoms with Gasteiger partial charge in [0.2, 0.25) is 0 Å². The number of amides is 1. The van der Waals surface area contributed by atoms with Gasteiger partial charge in [-0.2, -0.15) is 0 Å². The lowest BCUT2D eigenvalue weighted by atomic mass is 10.2. The summed E-state index contributed by atoms with van der Waals surface area (Å²) < 4.78 is 0. The maximum absolute atomic E-state index is 11.9. The fraction of sp³-hybridized carbons (Fsp3) is 0.143. The maximum Gasteiger partial charge on any atom is 0.270 e. The lowest BCUT2D eigenvalue weighted by molar-refractivity contribution is 0.0945. The number of hydrogen-bond donors (Lipinski definition) is 1. The lowest BCUT2D eigenvalue weighted by Gasteiger charge is -2.05. The first-order valence-electron chi connectivity index (χ1n) is 5.82. The average molecular weight is 255 g/mol. The van der Waals surface area contributed by atoms with Crippen molar-refractivity contribution in [2.24, 2.45) is 0 Å². The van der Waals surface area contributed by atoms with E-state index >= 15 is 0 Å². The van der Waals surface area contributed by atoms with Crippen LogP contribution in [0.1, 0.15) is 32.4 Å². The molecule has 1 N–H and O–H groups in total. The Hall–Kier alpha value is -2.56. The van der Waals surface area contributed by atoms with Gasteiger partial charge in [-0.1, -0.05) is 30.3 Å². The van der Waals surface area contributed by atoms with Gasteiger partial charge in [0.1, 0.15) is 17.2 Å². The van der Waals surface area contributed by atoms with Crippen molar-refractivity contribution < 1.29 is 9.59 Å². The van der Waals surface area contributed by atoms with Crippen molar-refractivity contribution in [3.63, 3.8) is 0 Å². The Labute approximate surface area is 110 Å². The number of benzene rings is 1. The molecule has 0 saturated heterocycles. The number of nitrogens with zero attached hydrogens (tertiary/aromatic N) is 2. The van der Waals surface area contributed by atoms with E-state index in [-0.39, 0.29) is 17.3 Å². The minimum absolute atomic E-state index is 0.200. The van der Waals surface area contributed by atoms with Crippen LogP contribution in [0.25, 0.3) is 0 Å². The van der Waals surface area contributed by atoms with Crippen LogP contribution in [0.15, 0.2) is 36.4 Å². The van der Waals surface area contributed by atoms with E-state index < -0.39 is 0 Å². The molecule has 96 valence electrons. The molecule has 0 fully saturated rings. The topological polar surface area (TPSA) is 72.0 Å². The van der Waals surface area contributed by atoms with Gasteiger partial charge in [-0.15, -0.1) is 0 Å². The van der Waals surface area contributed by atoms with Gasteiger partial charge in [0.25, 0.3) is 5.91 Å². The Balaban J connectivity index is 2.08. The highest BCUT2D eigenvalue weighted by molar-refractivity contribution is 5.93. The van der Waals surface area contributed by atoms with Crippen LogP contribution < -0.4 is 5.32 Å². The van der Waals surface area contributed by atoms with Crippen LogP contribution in [0, 0.1) is 6.92 Å². The zero-order chi connectivity index (χ0) is 13.7. The predicted molar refractivity (Wildman–Crippen MR) is 69.8 cm³/mol. The quantitative estimate of drug-likeness (QED) is 0.841. The van der Waals surface area contributed by atoms with Gasteiger partial charge >= 0.3 is 0 Å². The molecule has 19 heavy (non-hydrogen) atoms. The summed E-state index contributed by atoms with van der Waals surface area (Å²) in [6, 6.07) is 10.9. The summed E-state index contributed by atoms with van der Waals surface area (Å²) in [5, 5.41) is 2.75. The van der Waals surface area contributed by atoms with E-state index in [1.807, 2.05) is 30.3 Å². The number of carbonyl (C=O) groups is 2. The largest absolute Gasteiger partial charge is 0.347 e. The van der Waals surface area contributed by atoms with Crippen LogP contribution in [-0.4, -0.2) is 22.2 Å². The molecule has 0 aliphatic carbocycles. The van der Waals surface area contributed by atoms with Gasteiger partial charge in [0.15, 0.2) is 6.29 Å². The molecule has 1 aromatic heterocycles. The Morgan fingerprint density at radius 3 is 2.68 bits per heavy atom. The number of nitrogens with one attached hydrogen (secondary N) is 1. The fourth-order valence-corrected chi connectivity index (χ4v) is 1.64. The van der Waals surface area contributed by atoms with Gasteiger partial charge in [0, 0.05) is 6.54 Å². The van der Waals surface area contributed by atoms with Crippen LogP contribution in [0.2, 0.25) is 0 Å². The number of carbonyl (C=O) groups excluding carboxylic acids is 2. The number of aryl methyl sites for hydroxylation is 1. The highest BCUT2D eigenvalue weighted by Crippen LogP contribution is 2.01. The fourth-order valence-electron chi connectivity index (χ4n) is 1.64. The minimum atomic E-state index is -0.322. The lowest BCUT2D eigenvalue weighted by Crippen LogP contribution is -2.24. The summed E-state index contributed by atoms with van der Waals surface area (Å²) in [6.07, 6.45) is 0.600. The molecule has 0 spiro atoms. The number of aldehydes is 1. The molecular formula is C14H13N3O2. The van der Waals surface area contributed by atoms with Crippen LogP contribution in [0.4, 0.5) is 0 Å². The van der Waals surface area contributed by atoms with Crippen molar-refractivity contribution in [2.75, 3.05) is 0 Å². The van der Waals surface area contributed by atoms with Gasteiger partial charge in [-0.05, 0) is 18.6 Å². The molecule has 0 aliphatic heterocycles. The smallest absolute Gasteiger partial charge is 0.270 e. The molecule has 1 heterocycles. The van der Waals surface area contributed by atoms with E-state index in [0.717, 1.165) is 5.56 Å². The zero-order valence-electron chi connectivity index (χ0n) is 10.5. The molecule has 0 bridgehead atoms. The van der Waals surface area contributed by atoms with Crippen molar-refractivity contribution >= 4 is 12.2 Å². The van der Waals surface area contributed by atoms with E-state index in [1.165, 1.54) is 6.07 Å². The number of rotatable bonds is 4. The summed E-state index contributed by atoms with van der Waals surface area (Å²) in [7, 11) is 0. The van der Waals surface area contributed by atoms with E-state index in [1.54, 1.807) is 6.92 Å². The molecule has 1 aromatic carbocycles. The second-order valence-corrected chi connectivity index (χ2v) is 4.01. The summed E-state index contributed by atoms with van der Waals surface area (Å²) >= 11 is 0. The van der Waals surface area contributed by atoms with Crippen LogP contribution in [-0.2, 0) is 6.54 Å². The molecule has 0 unspecified atom stereocenters. The molecule has 0 radical (unpaired) electrons. The van der Waals surface area contributed by atoms with E-state index in [4.69, 9.17) is 0 Å². The average Bonchev–Trinajstić information content (AvgIpc) is 2.45. The van der Waals surface area contributed by atoms with Crippen LogP contribution >= 0.6 is 0 Å². The van der Waals surface area contributed by atoms with Crippen molar-refractivity contribution in [3.05, 3.63) is 59.2 Å². The highest BCUT2D eigenvalue weighted by Gasteiger charge is 2.09. The Morgan fingerprint density at radius 2 is 2.00 bits per heavy atom. The molecule has 0 aliphatic rings. The molecule has 2 aromatic rings. The van der Waals surface area contributed by atoms with Gasteiger partial charge in [-0.25, -0.2) is 9.97 Å². The third kappa shape index (κ3) is 3.45. The molecule has 2 rings (SSSR count). The van der Waals surface area contributed by atoms with E-state index in [9.17, 15) is 9.59 Å². The third-order valence-electron chi connectivity index (χ3n) is 2.51. The monoisotopic (exact) mass is 255 g/mol. The summed E-state index contributed by atoms with van der Waals surface area (Å²) in [5.41, 5.74) is 1.40. The Kier molecular flexibility index (Phi) is 3.97. The van der Waals surface area contributed by atoms with E-state index in [0.29, 0.717) is 18.7 Å². The molecule has 1 amide bonds. The molecule has 0 atom stereocenters. The van der Waals surface area contributed by atoms with Crippen LogP contribution in [0.3, 0.4) is 0 Å². The number of hydrogen-bond acceptors (Lipinski definition) is 4. The standard InChI is InChI=1S/C14H13N3O2/c1-10-16-12(9-18)7-13(17-10)14(19)15-8-11-5-3-2-4-6-11/h2-7,9H,8H2,1H3,(H,15,19). The first-order chi connectivity index (χ1) is 9.19. The number of aromatic nitrogens is 2. The second kappa shape index (κ2) is 5.86. The van der Waals surface area contributed by atoms with Crippen LogP contribution in [0.5, 0.6) is 0 Å². The molecule has 5 heteroatoms. The normalized spacial score (nSPS) is 9.95.